The summed E-state index contributed by atoms with van der Waals surface area (Å²) >= 11 is 0. The Labute approximate surface area is 127 Å². The number of rotatable bonds is 7. The minimum Gasteiger partial charge on any atom is -0.346 e. The minimum atomic E-state index is -3.36. The van der Waals surface area contributed by atoms with E-state index in [1.165, 1.54) is 4.31 Å². The van der Waals surface area contributed by atoms with Crippen LogP contribution in [0.1, 0.15) is 37.9 Å². The summed E-state index contributed by atoms with van der Waals surface area (Å²) in [5.74, 6) is 1.20. The van der Waals surface area contributed by atoms with Crippen LogP contribution in [-0.4, -0.2) is 37.9 Å². The fourth-order valence-corrected chi connectivity index (χ4v) is 4.19. The van der Waals surface area contributed by atoms with Gasteiger partial charge in [-0.05, 0) is 44.2 Å². The molecule has 2 atom stereocenters. The largest absolute Gasteiger partial charge is 0.346 e. The number of nitrogens with one attached hydrogen (secondary N) is 1. The van der Waals surface area contributed by atoms with E-state index in [2.05, 4.69) is 16.8 Å². The predicted molar refractivity (Wildman–Crippen MR) is 82.6 cm³/mol. The molecule has 2 saturated carbocycles. The van der Waals surface area contributed by atoms with Crippen molar-refractivity contribution in [3.63, 3.8) is 0 Å². The van der Waals surface area contributed by atoms with Gasteiger partial charge in [0.2, 0.25) is 10.0 Å². The zero-order valence-corrected chi connectivity index (χ0v) is 13.9. The smallest absolute Gasteiger partial charge is 0.244 e. The van der Waals surface area contributed by atoms with Crippen LogP contribution >= 0.6 is 0 Å². The lowest BCUT2D eigenvalue weighted by Gasteiger charge is -2.15. The normalized spacial score (nSPS) is 25.5. The molecular formula is C15H25N3O2S. The van der Waals surface area contributed by atoms with Crippen LogP contribution in [-0.2, 0) is 16.6 Å². The van der Waals surface area contributed by atoms with E-state index >= 15 is 0 Å². The van der Waals surface area contributed by atoms with Gasteiger partial charge >= 0.3 is 0 Å². The number of sulfonamides is 1. The minimum absolute atomic E-state index is 0.440. The van der Waals surface area contributed by atoms with Gasteiger partial charge < -0.3 is 9.88 Å². The molecule has 5 nitrogen and oxygen atoms in total. The van der Waals surface area contributed by atoms with Gasteiger partial charge in [-0.3, -0.25) is 0 Å². The molecule has 1 aromatic heterocycles. The summed E-state index contributed by atoms with van der Waals surface area (Å²) in [7, 11) is 0.230. The third kappa shape index (κ3) is 3.03. The zero-order valence-electron chi connectivity index (χ0n) is 13.0. The molecular weight excluding hydrogens is 286 g/mol. The van der Waals surface area contributed by atoms with Crippen molar-refractivity contribution in [3.8, 4) is 0 Å². The highest BCUT2D eigenvalue weighted by molar-refractivity contribution is 7.89. The Bertz CT molecular complexity index is 619. The summed E-state index contributed by atoms with van der Waals surface area (Å²) in [4.78, 5) is 0.440. The lowest BCUT2D eigenvalue weighted by molar-refractivity contribution is 0.444. The highest BCUT2D eigenvalue weighted by Crippen LogP contribution is 2.40. The standard InChI is InChI=1S/C15H25N3O2S/c1-11-6-12(11)9-17(3)21(19,20)15-7-14(8-16-2)18(10-15)13-4-5-13/h7,10-13,16H,4-6,8-9H2,1-3H3. The van der Waals surface area contributed by atoms with Crippen LogP contribution in [0.4, 0.5) is 0 Å². The van der Waals surface area contributed by atoms with Gasteiger partial charge in [-0.2, -0.15) is 0 Å². The molecule has 3 rings (SSSR count). The van der Waals surface area contributed by atoms with Gasteiger partial charge in [0.05, 0.1) is 0 Å². The fraction of sp³-hybridized carbons (Fsp3) is 0.733. The molecule has 118 valence electrons. The molecule has 0 aliphatic heterocycles. The molecule has 2 aliphatic carbocycles. The lowest BCUT2D eigenvalue weighted by Crippen LogP contribution is -2.29. The highest BCUT2D eigenvalue weighted by Gasteiger charge is 2.37. The Morgan fingerprint density at radius 1 is 1.43 bits per heavy atom. The van der Waals surface area contributed by atoms with Crippen molar-refractivity contribution in [1.82, 2.24) is 14.2 Å². The Morgan fingerprint density at radius 3 is 2.62 bits per heavy atom. The van der Waals surface area contributed by atoms with Crippen molar-refractivity contribution in [2.45, 2.75) is 43.7 Å². The van der Waals surface area contributed by atoms with E-state index in [1.54, 1.807) is 7.05 Å². The maximum atomic E-state index is 12.7. The van der Waals surface area contributed by atoms with Crippen molar-refractivity contribution in [2.75, 3.05) is 20.6 Å². The molecule has 0 amide bonds. The van der Waals surface area contributed by atoms with E-state index in [0.717, 1.165) is 25.0 Å². The first-order valence-electron chi connectivity index (χ1n) is 7.75. The molecule has 2 unspecified atom stereocenters. The van der Waals surface area contributed by atoms with Crippen LogP contribution in [0.5, 0.6) is 0 Å². The average Bonchev–Trinajstić information content (AvgIpc) is 3.33. The second kappa shape index (κ2) is 5.41. The van der Waals surface area contributed by atoms with Crippen molar-refractivity contribution in [2.24, 2.45) is 11.8 Å². The van der Waals surface area contributed by atoms with Crippen LogP contribution in [0.15, 0.2) is 17.2 Å². The van der Waals surface area contributed by atoms with E-state index in [4.69, 9.17) is 0 Å². The molecule has 1 heterocycles. The summed E-state index contributed by atoms with van der Waals surface area (Å²) in [6.45, 7) is 3.52. The van der Waals surface area contributed by atoms with E-state index in [1.807, 2.05) is 19.3 Å². The molecule has 0 aromatic carbocycles. The monoisotopic (exact) mass is 311 g/mol. The Balaban J connectivity index is 1.82. The van der Waals surface area contributed by atoms with E-state index in [-0.39, 0.29) is 0 Å². The first-order chi connectivity index (χ1) is 9.93. The fourth-order valence-electron chi connectivity index (χ4n) is 2.91. The third-order valence-corrected chi connectivity index (χ3v) is 6.47. The SMILES string of the molecule is CNCc1cc(S(=O)(=O)N(C)CC2CC2C)cn1C1CC1. The summed E-state index contributed by atoms with van der Waals surface area (Å²) < 4.78 is 29.1. The molecule has 0 spiro atoms. The Hall–Kier alpha value is -0.850. The second-order valence-corrected chi connectivity index (χ2v) is 8.64. The number of hydrogen-bond donors (Lipinski definition) is 1. The molecule has 1 aromatic rings. The summed E-state index contributed by atoms with van der Waals surface area (Å²) in [6, 6.07) is 2.32. The van der Waals surface area contributed by atoms with Crippen LogP contribution < -0.4 is 5.32 Å². The van der Waals surface area contributed by atoms with Crippen LogP contribution in [0.2, 0.25) is 0 Å². The van der Waals surface area contributed by atoms with Crippen molar-refractivity contribution in [3.05, 3.63) is 18.0 Å². The molecule has 2 aliphatic rings. The molecule has 0 saturated heterocycles. The quantitative estimate of drug-likeness (QED) is 0.836. The van der Waals surface area contributed by atoms with Crippen molar-refractivity contribution < 1.29 is 8.42 Å². The van der Waals surface area contributed by atoms with Gasteiger partial charge in [0.15, 0.2) is 0 Å². The van der Waals surface area contributed by atoms with Crippen LogP contribution in [0, 0.1) is 11.8 Å². The summed E-state index contributed by atoms with van der Waals surface area (Å²) in [5, 5.41) is 3.12. The molecule has 0 radical (unpaired) electrons. The van der Waals surface area contributed by atoms with Crippen LogP contribution in [0.25, 0.3) is 0 Å². The van der Waals surface area contributed by atoms with Gasteiger partial charge in [0.25, 0.3) is 0 Å². The van der Waals surface area contributed by atoms with E-state index in [9.17, 15) is 8.42 Å². The summed E-state index contributed by atoms with van der Waals surface area (Å²) in [6.07, 6.45) is 5.28. The predicted octanol–water partition coefficient (Wildman–Crippen LogP) is 1.82. The number of hydrogen-bond acceptors (Lipinski definition) is 3. The van der Waals surface area contributed by atoms with Crippen molar-refractivity contribution in [1.29, 1.82) is 0 Å². The topological polar surface area (TPSA) is 54.3 Å². The Kier molecular flexibility index (Phi) is 3.88. The van der Waals surface area contributed by atoms with Gasteiger partial charge in [0.1, 0.15) is 4.90 Å². The molecule has 6 heteroatoms. The first-order valence-corrected chi connectivity index (χ1v) is 9.19. The summed E-state index contributed by atoms with van der Waals surface area (Å²) in [5.41, 5.74) is 1.06. The lowest BCUT2D eigenvalue weighted by atomic mass is 10.3. The molecule has 0 bridgehead atoms. The third-order valence-electron chi connectivity index (χ3n) is 4.68. The zero-order chi connectivity index (χ0) is 15.2. The van der Waals surface area contributed by atoms with Gasteiger partial charge in [-0.1, -0.05) is 6.92 Å². The van der Waals surface area contributed by atoms with E-state index in [0.29, 0.717) is 35.9 Å². The number of nitrogens with zero attached hydrogens (tertiary/aromatic N) is 2. The van der Waals surface area contributed by atoms with E-state index < -0.39 is 10.0 Å². The molecule has 2 fully saturated rings. The van der Waals surface area contributed by atoms with Crippen molar-refractivity contribution >= 4 is 10.0 Å². The van der Waals surface area contributed by atoms with Gasteiger partial charge in [-0.15, -0.1) is 0 Å². The van der Waals surface area contributed by atoms with Gasteiger partial charge in [-0.25, -0.2) is 12.7 Å². The molecule has 21 heavy (non-hydrogen) atoms. The Morgan fingerprint density at radius 2 is 2.10 bits per heavy atom. The van der Waals surface area contributed by atoms with Crippen LogP contribution in [0.3, 0.4) is 0 Å². The van der Waals surface area contributed by atoms with Gasteiger partial charge in [0, 0.05) is 38.1 Å². The maximum Gasteiger partial charge on any atom is 0.244 e. The molecule has 1 N–H and O–H groups in total. The maximum absolute atomic E-state index is 12.7. The number of aromatic nitrogens is 1. The highest BCUT2D eigenvalue weighted by atomic mass is 32.2. The second-order valence-electron chi connectivity index (χ2n) is 6.59. The average molecular weight is 311 g/mol. The first kappa shape index (κ1) is 15.1.